The van der Waals surface area contributed by atoms with Gasteiger partial charge in [0.15, 0.2) is 0 Å². The fourth-order valence-electron chi connectivity index (χ4n) is 2.69. The molecule has 0 aliphatic carbocycles. The molecule has 2 aromatic rings. The van der Waals surface area contributed by atoms with Gasteiger partial charge in [0, 0.05) is 6.54 Å². The molecule has 1 aliphatic heterocycles. The van der Waals surface area contributed by atoms with Crippen LogP contribution in [0.3, 0.4) is 0 Å². The Labute approximate surface area is 153 Å². The third-order valence-electron chi connectivity index (χ3n) is 5.08. The smallest absolute Gasteiger partial charge is 0.399 e. The normalized spacial score (nSPS) is 18.0. The maximum atomic E-state index is 13.6. The van der Waals surface area contributed by atoms with Crippen LogP contribution < -0.4 is 10.8 Å². The molecule has 1 saturated heterocycles. The van der Waals surface area contributed by atoms with Crippen LogP contribution in [0.4, 0.5) is 4.39 Å². The highest BCUT2D eigenvalue weighted by Crippen LogP contribution is 2.36. The van der Waals surface area contributed by atoms with Crippen LogP contribution in [-0.4, -0.2) is 24.2 Å². The molecule has 1 aliphatic rings. The summed E-state index contributed by atoms with van der Waals surface area (Å²) in [6, 6.07) is 13.6. The molecule has 4 nitrogen and oxygen atoms in total. The summed E-state index contributed by atoms with van der Waals surface area (Å²) in [5.74, 6) is -0.959. The molecular weight excluding hydrogens is 332 g/mol. The highest BCUT2D eigenvalue weighted by Gasteiger charge is 2.51. The third kappa shape index (κ3) is 3.66. The minimum atomic E-state index is -0.527. The van der Waals surface area contributed by atoms with Crippen LogP contribution >= 0.6 is 0 Å². The van der Waals surface area contributed by atoms with Gasteiger partial charge in [0.05, 0.1) is 16.8 Å². The number of halogens is 1. The highest BCUT2D eigenvalue weighted by molar-refractivity contribution is 6.62. The fraction of sp³-hybridized carbons (Fsp3) is 0.350. The summed E-state index contributed by atoms with van der Waals surface area (Å²) >= 11 is 0. The van der Waals surface area contributed by atoms with Gasteiger partial charge in [-0.05, 0) is 50.9 Å². The summed E-state index contributed by atoms with van der Waals surface area (Å²) in [7, 11) is -0.415. The standard InChI is InChI=1S/C20H23BFNO3/c1-19(2)20(3,4)26-21(25-19)15-11-9-14(10-12-15)13-23-18(24)16-7-5-6-8-17(16)22/h5-12H,13H2,1-4H3,(H,23,24). The zero-order valence-corrected chi connectivity index (χ0v) is 15.5. The van der Waals surface area contributed by atoms with Crippen molar-refractivity contribution in [2.45, 2.75) is 45.4 Å². The molecule has 3 rings (SSSR count). The predicted octanol–water partition coefficient (Wildman–Crippen LogP) is 3.05. The van der Waals surface area contributed by atoms with E-state index in [1.54, 1.807) is 12.1 Å². The molecule has 0 unspecified atom stereocenters. The topological polar surface area (TPSA) is 47.6 Å². The summed E-state index contributed by atoms with van der Waals surface area (Å²) in [6.45, 7) is 8.37. The minimum absolute atomic E-state index is 0.0429. The van der Waals surface area contributed by atoms with Crippen molar-refractivity contribution in [1.29, 1.82) is 0 Å². The monoisotopic (exact) mass is 355 g/mol. The molecule has 0 saturated carbocycles. The van der Waals surface area contributed by atoms with E-state index in [9.17, 15) is 9.18 Å². The maximum Gasteiger partial charge on any atom is 0.494 e. The first-order valence-corrected chi connectivity index (χ1v) is 8.67. The number of benzene rings is 2. The van der Waals surface area contributed by atoms with Gasteiger partial charge >= 0.3 is 7.12 Å². The number of hydrogen-bond acceptors (Lipinski definition) is 3. The van der Waals surface area contributed by atoms with Gasteiger partial charge in [0.2, 0.25) is 0 Å². The van der Waals surface area contributed by atoms with Gasteiger partial charge in [0.1, 0.15) is 5.82 Å². The van der Waals surface area contributed by atoms with E-state index in [-0.39, 0.29) is 16.8 Å². The number of amides is 1. The van der Waals surface area contributed by atoms with Crippen LogP contribution in [0.2, 0.25) is 0 Å². The predicted molar refractivity (Wildman–Crippen MR) is 99.7 cm³/mol. The zero-order valence-electron chi connectivity index (χ0n) is 15.5. The Kier molecular flexibility index (Phi) is 4.91. The van der Waals surface area contributed by atoms with Gasteiger partial charge in [-0.1, -0.05) is 36.4 Å². The molecule has 6 heteroatoms. The van der Waals surface area contributed by atoms with Crippen LogP contribution in [0, 0.1) is 5.82 Å². The van der Waals surface area contributed by atoms with Gasteiger partial charge in [-0.3, -0.25) is 4.79 Å². The number of hydrogen-bond donors (Lipinski definition) is 1. The summed E-state index contributed by atoms with van der Waals surface area (Å²) in [5, 5.41) is 2.73. The molecule has 1 N–H and O–H groups in total. The highest BCUT2D eigenvalue weighted by atomic mass is 19.1. The third-order valence-corrected chi connectivity index (χ3v) is 5.08. The van der Waals surface area contributed by atoms with E-state index in [4.69, 9.17) is 9.31 Å². The molecule has 2 aromatic carbocycles. The summed E-state index contributed by atoms with van der Waals surface area (Å²) in [6.07, 6.45) is 0. The number of nitrogens with one attached hydrogen (secondary N) is 1. The largest absolute Gasteiger partial charge is 0.494 e. The SMILES string of the molecule is CC1(C)OB(c2ccc(CNC(=O)c3ccccc3F)cc2)OC1(C)C. The molecule has 0 radical (unpaired) electrons. The molecule has 0 atom stereocenters. The van der Waals surface area contributed by atoms with Crippen molar-refractivity contribution < 1.29 is 18.5 Å². The van der Waals surface area contributed by atoms with E-state index in [1.807, 2.05) is 52.0 Å². The average molecular weight is 355 g/mol. The Morgan fingerprint density at radius 3 is 2.15 bits per heavy atom. The van der Waals surface area contributed by atoms with E-state index in [0.717, 1.165) is 11.0 Å². The quantitative estimate of drug-likeness (QED) is 0.858. The summed E-state index contributed by atoms with van der Waals surface area (Å²) in [5.41, 5.74) is 1.11. The Balaban J connectivity index is 1.62. The second kappa shape index (κ2) is 6.85. The van der Waals surface area contributed by atoms with Crippen LogP contribution in [0.15, 0.2) is 48.5 Å². The molecule has 1 heterocycles. The molecule has 0 bridgehead atoms. The van der Waals surface area contributed by atoms with Gasteiger partial charge in [0.25, 0.3) is 5.91 Å². The first kappa shape index (κ1) is 18.6. The lowest BCUT2D eigenvalue weighted by Gasteiger charge is -2.32. The van der Waals surface area contributed by atoms with Crippen LogP contribution in [0.25, 0.3) is 0 Å². The molecule has 136 valence electrons. The molecule has 26 heavy (non-hydrogen) atoms. The van der Waals surface area contributed by atoms with Crippen molar-refractivity contribution >= 4 is 18.5 Å². The lowest BCUT2D eigenvalue weighted by molar-refractivity contribution is 0.00578. The zero-order chi connectivity index (χ0) is 18.9. The van der Waals surface area contributed by atoms with Crippen LogP contribution in [0.5, 0.6) is 0 Å². The average Bonchev–Trinajstić information content (AvgIpc) is 2.81. The molecule has 1 fully saturated rings. The Bertz CT molecular complexity index is 789. The van der Waals surface area contributed by atoms with Crippen molar-refractivity contribution in [2.24, 2.45) is 0 Å². The van der Waals surface area contributed by atoms with Gasteiger partial charge in [-0.15, -0.1) is 0 Å². The Morgan fingerprint density at radius 1 is 1.00 bits per heavy atom. The van der Waals surface area contributed by atoms with Crippen molar-refractivity contribution in [2.75, 3.05) is 0 Å². The number of carbonyl (C=O) groups is 1. The molecule has 1 amide bonds. The van der Waals surface area contributed by atoms with Crippen LogP contribution in [-0.2, 0) is 15.9 Å². The number of rotatable bonds is 4. The van der Waals surface area contributed by atoms with E-state index in [2.05, 4.69) is 5.32 Å². The first-order chi connectivity index (χ1) is 12.2. The summed E-state index contributed by atoms with van der Waals surface area (Å²) in [4.78, 5) is 12.1. The van der Waals surface area contributed by atoms with Crippen molar-refractivity contribution in [1.82, 2.24) is 5.32 Å². The fourth-order valence-corrected chi connectivity index (χ4v) is 2.69. The van der Waals surface area contributed by atoms with E-state index in [1.165, 1.54) is 12.1 Å². The van der Waals surface area contributed by atoms with Gasteiger partial charge in [-0.2, -0.15) is 0 Å². The summed E-state index contributed by atoms with van der Waals surface area (Å²) < 4.78 is 25.7. The lowest BCUT2D eigenvalue weighted by atomic mass is 9.79. The Morgan fingerprint density at radius 2 is 1.58 bits per heavy atom. The number of carbonyl (C=O) groups excluding carboxylic acids is 1. The van der Waals surface area contributed by atoms with Crippen molar-refractivity contribution in [3.05, 3.63) is 65.5 Å². The minimum Gasteiger partial charge on any atom is -0.399 e. The van der Waals surface area contributed by atoms with E-state index in [0.29, 0.717) is 6.54 Å². The van der Waals surface area contributed by atoms with Gasteiger partial charge < -0.3 is 14.6 Å². The van der Waals surface area contributed by atoms with Crippen LogP contribution in [0.1, 0.15) is 43.6 Å². The maximum absolute atomic E-state index is 13.6. The van der Waals surface area contributed by atoms with Crippen molar-refractivity contribution in [3.63, 3.8) is 0 Å². The van der Waals surface area contributed by atoms with E-state index >= 15 is 0 Å². The van der Waals surface area contributed by atoms with Gasteiger partial charge in [-0.25, -0.2) is 4.39 Å². The van der Waals surface area contributed by atoms with E-state index < -0.39 is 18.8 Å². The molecular formula is C20H23BFNO3. The molecule has 0 aromatic heterocycles. The lowest BCUT2D eigenvalue weighted by Crippen LogP contribution is -2.41. The Hall–Kier alpha value is -2.18. The second-order valence-electron chi connectivity index (χ2n) is 7.49. The second-order valence-corrected chi connectivity index (χ2v) is 7.49. The van der Waals surface area contributed by atoms with Crippen molar-refractivity contribution in [3.8, 4) is 0 Å². The first-order valence-electron chi connectivity index (χ1n) is 8.67. The molecule has 0 spiro atoms.